The Morgan fingerprint density at radius 2 is 1.94 bits per heavy atom. The molecule has 5 nitrogen and oxygen atoms in total. The summed E-state index contributed by atoms with van der Waals surface area (Å²) in [5.41, 5.74) is 0. The molecule has 1 heterocycles. The minimum absolute atomic E-state index is 0.0522. The molecule has 1 atom stereocenters. The summed E-state index contributed by atoms with van der Waals surface area (Å²) in [7, 11) is 0. The van der Waals surface area contributed by atoms with Crippen molar-refractivity contribution in [2.45, 2.75) is 32.6 Å². The topological polar surface area (TPSA) is 69.6 Å². The van der Waals surface area contributed by atoms with Crippen molar-refractivity contribution in [3.8, 4) is 0 Å². The van der Waals surface area contributed by atoms with Crippen molar-refractivity contribution in [2.75, 3.05) is 26.2 Å². The second-order valence-electron chi connectivity index (χ2n) is 4.70. The van der Waals surface area contributed by atoms with Crippen LogP contribution in [-0.4, -0.2) is 48.1 Å². The molecule has 0 aromatic carbocycles. The van der Waals surface area contributed by atoms with Crippen molar-refractivity contribution in [1.82, 2.24) is 10.2 Å². The van der Waals surface area contributed by atoms with Gasteiger partial charge in [-0.1, -0.05) is 13.3 Å². The summed E-state index contributed by atoms with van der Waals surface area (Å²) >= 11 is 0. The fraction of sp³-hybridized carbons (Fsp3) is 0.833. The first-order valence-electron chi connectivity index (χ1n) is 6.31. The molecule has 5 heteroatoms. The highest BCUT2D eigenvalue weighted by molar-refractivity contribution is 5.77. The highest BCUT2D eigenvalue weighted by Gasteiger charge is 2.14. The number of nitrogens with one attached hydrogen (secondary N) is 1. The lowest BCUT2D eigenvalue weighted by Gasteiger charge is -2.26. The number of likely N-dealkylation sites (tertiary alicyclic amines) is 1. The first-order valence-corrected chi connectivity index (χ1v) is 6.31. The maximum atomic E-state index is 11.5. The fourth-order valence-electron chi connectivity index (χ4n) is 1.89. The van der Waals surface area contributed by atoms with Crippen molar-refractivity contribution in [3.05, 3.63) is 0 Å². The van der Waals surface area contributed by atoms with E-state index >= 15 is 0 Å². The smallest absolute Gasteiger partial charge is 0.308 e. The molecule has 1 aliphatic heterocycles. The maximum absolute atomic E-state index is 11.5. The first kappa shape index (κ1) is 14.0. The zero-order valence-electron chi connectivity index (χ0n) is 10.4. The summed E-state index contributed by atoms with van der Waals surface area (Å²) in [6.45, 7) is 4.76. The van der Waals surface area contributed by atoms with Crippen LogP contribution in [0.15, 0.2) is 0 Å². The van der Waals surface area contributed by atoms with E-state index in [-0.39, 0.29) is 12.5 Å². The lowest BCUT2D eigenvalue weighted by molar-refractivity contribution is -0.141. The number of aliphatic carboxylic acids is 1. The predicted molar refractivity (Wildman–Crippen MR) is 64.7 cm³/mol. The van der Waals surface area contributed by atoms with Gasteiger partial charge >= 0.3 is 5.97 Å². The first-order chi connectivity index (χ1) is 8.09. The van der Waals surface area contributed by atoms with Crippen molar-refractivity contribution in [2.24, 2.45) is 5.92 Å². The summed E-state index contributed by atoms with van der Waals surface area (Å²) in [5, 5.41) is 11.3. The second-order valence-corrected chi connectivity index (χ2v) is 4.70. The van der Waals surface area contributed by atoms with E-state index in [1.54, 1.807) is 6.92 Å². The zero-order valence-corrected chi connectivity index (χ0v) is 10.4. The lowest BCUT2D eigenvalue weighted by Crippen LogP contribution is -2.36. The average molecular weight is 242 g/mol. The van der Waals surface area contributed by atoms with Gasteiger partial charge < -0.3 is 15.3 Å². The van der Waals surface area contributed by atoms with Crippen molar-refractivity contribution < 1.29 is 14.7 Å². The minimum atomic E-state index is -0.874. The summed E-state index contributed by atoms with van der Waals surface area (Å²) in [4.78, 5) is 24.3. The van der Waals surface area contributed by atoms with Crippen LogP contribution in [0.3, 0.4) is 0 Å². The number of piperidine rings is 1. The number of hydrogen-bond acceptors (Lipinski definition) is 3. The molecular weight excluding hydrogens is 220 g/mol. The molecule has 0 saturated carbocycles. The number of amides is 1. The Hall–Kier alpha value is -1.10. The van der Waals surface area contributed by atoms with Crippen LogP contribution in [0.2, 0.25) is 0 Å². The predicted octanol–water partition coefficient (Wildman–Crippen LogP) is 0.699. The average Bonchev–Trinajstić information content (AvgIpc) is 2.34. The van der Waals surface area contributed by atoms with Crippen LogP contribution in [-0.2, 0) is 9.59 Å². The molecule has 0 aliphatic carbocycles. The molecule has 0 aromatic heterocycles. The number of rotatable bonds is 6. The molecule has 1 rings (SSSR count). The lowest BCUT2D eigenvalue weighted by atomic mass is 10.1. The third-order valence-corrected chi connectivity index (χ3v) is 3.13. The summed E-state index contributed by atoms with van der Waals surface area (Å²) in [5.74, 6) is -1.45. The molecule has 1 saturated heterocycles. The molecule has 1 fully saturated rings. The van der Waals surface area contributed by atoms with Gasteiger partial charge in [0.25, 0.3) is 0 Å². The van der Waals surface area contributed by atoms with Gasteiger partial charge in [-0.2, -0.15) is 0 Å². The Morgan fingerprint density at radius 3 is 2.53 bits per heavy atom. The molecule has 98 valence electrons. The van der Waals surface area contributed by atoms with Crippen LogP contribution in [0, 0.1) is 5.92 Å². The number of carboxylic acid groups (broad SMARTS) is 1. The molecule has 2 N–H and O–H groups in total. The number of carbonyl (C=O) groups excluding carboxylic acids is 1. The monoisotopic (exact) mass is 242 g/mol. The van der Waals surface area contributed by atoms with Crippen LogP contribution in [0.4, 0.5) is 0 Å². The Kier molecular flexibility index (Phi) is 5.97. The molecule has 17 heavy (non-hydrogen) atoms. The molecule has 1 amide bonds. The van der Waals surface area contributed by atoms with Crippen molar-refractivity contribution in [1.29, 1.82) is 0 Å². The number of nitrogens with zero attached hydrogens (tertiary/aromatic N) is 1. The van der Waals surface area contributed by atoms with Gasteiger partial charge in [-0.05, 0) is 25.9 Å². The molecule has 1 aliphatic rings. The van der Waals surface area contributed by atoms with E-state index in [1.165, 1.54) is 19.3 Å². The minimum Gasteiger partial charge on any atom is -0.481 e. The van der Waals surface area contributed by atoms with Crippen LogP contribution < -0.4 is 5.32 Å². The normalized spacial score (nSPS) is 18.6. The maximum Gasteiger partial charge on any atom is 0.308 e. The number of carboxylic acids is 1. The van der Waals surface area contributed by atoms with Gasteiger partial charge in [-0.25, -0.2) is 0 Å². The van der Waals surface area contributed by atoms with Gasteiger partial charge in [0.15, 0.2) is 0 Å². The van der Waals surface area contributed by atoms with Crippen LogP contribution in [0.25, 0.3) is 0 Å². The van der Waals surface area contributed by atoms with E-state index in [9.17, 15) is 9.59 Å². The quantitative estimate of drug-likeness (QED) is 0.719. The third kappa shape index (κ3) is 5.68. The van der Waals surface area contributed by atoms with E-state index in [1.807, 2.05) is 0 Å². The Labute approximate surface area is 102 Å². The van der Waals surface area contributed by atoms with Crippen molar-refractivity contribution >= 4 is 11.9 Å². The van der Waals surface area contributed by atoms with E-state index < -0.39 is 11.9 Å². The van der Waals surface area contributed by atoms with Crippen LogP contribution in [0.1, 0.15) is 32.6 Å². The van der Waals surface area contributed by atoms with Gasteiger partial charge in [0.1, 0.15) is 0 Å². The second kappa shape index (κ2) is 7.27. The fourth-order valence-corrected chi connectivity index (χ4v) is 1.89. The number of carbonyl (C=O) groups is 2. The molecule has 0 bridgehead atoms. The molecule has 0 radical (unpaired) electrons. The standard InChI is InChI=1S/C12H22N2O3/c1-10(12(16)17)9-13-11(15)5-8-14-6-3-2-4-7-14/h10H,2-9H2,1H3,(H,13,15)(H,16,17). The Bertz CT molecular complexity index is 262. The van der Waals surface area contributed by atoms with Gasteiger partial charge in [0, 0.05) is 19.5 Å². The SMILES string of the molecule is CC(CNC(=O)CCN1CCCCC1)C(=O)O. The summed E-state index contributed by atoms with van der Waals surface area (Å²) in [6.07, 6.45) is 4.19. The molecule has 0 spiro atoms. The largest absolute Gasteiger partial charge is 0.481 e. The van der Waals surface area contributed by atoms with E-state index in [4.69, 9.17) is 5.11 Å². The Morgan fingerprint density at radius 1 is 1.29 bits per heavy atom. The van der Waals surface area contributed by atoms with Crippen LogP contribution in [0.5, 0.6) is 0 Å². The number of hydrogen-bond donors (Lipinski definition) is 2. The van der Waals surface area contributed by atoms with Gasteiger partial charge in [-0.3, -0.25) is 9.59 Å². The van der Waals surface area contributed by atoms with E-state index in [0.717, 1.165) is 19.6 Å². The zero-order chi connectivity index (χ0) is 12.7. The van der Waals surface area contributed by atoms with Crippen molar-refractivity contribution in [3.63, 3.8) is 0 Å². The summed E-state index contributed by atoms with van der Waals surface area (Å²) < 4.78 is 0. The summed E-state index contributed by atoms with van der Waals surface area (Å²) in [6, 6.07) is 0. The van der Waals surface area contributed by atoms with Gasteiger partial charge in [-0.15, -0.1) is 0 Å². The molecule has 0 aromatic rings. The Balaban J connectivity index is 2.10. The highest BCUT2D eigenvalue weighted by Crippen LogP contribution is 2.08. The van der Waals surface area contributed by atoms with E-state index in [2.05, 4.69) is 10.2 Å². The van der Waals surface area contributed by atoms with E-state index in [0.29, 0.717) is 6.42 Å². The van der Waals surface area contributed by atoms with Gasteiger partial charge in [0.2, 0.25) is 5.91 Å². The highest BCUT2D eigenvalue weighted by atomic mass is 16.4. The van der Waals surface area contributed by atoms with Gasteiger partial charge in [0.05, 0.1) is 5.92 Å². The molecule has 1 unspecified atom stereocenters. The molecular formula is C12H22N2O3. The third-order valence-electron chi connectivity index (χ3n) is 3.13. The van der Waals surface area contributed by atoms with Crippen LogP contribution >= 0.6 is 0 Å².